The summed E-state index contributed by atoms with van der Waals surface area (Å²) in [5.74, 6) is 1.58. The molecule has 0 bridgehead atoms. The molecule has 82 valence electrons. The number of fused-ring (bicyclic) bond motifs is 3. The Labute approximate surface area is 102 Å². The average molecular weight is 254 g/mol. The molecule has 0 fully saturated rings. The van der Waals surface area contributed by atoms with Crippen LogP contribution in [0, 0.1) is 0 Å². The van der Waals surface area contributed by atoms with Crippen molar-refractivity contribution in [3.05, 3.63) is 23.5 Å². The molecule has 0 N–H and O–H groups in total. The van der Waals surface area contributed by atoms with Crippen LogP contribution < -0.4 is 9.47 Å². The molecule has 0 saturated heterocycles. The third kappa shape index (κ3) is 1.33. The first-order chi connectivity index (χ1) is 7.81. The van der Waals surface area contributed by atoms with Gasteiger partial charge in [0.25, 0.3) is 0 Å². The standard InChI is InChI=1S/C11H8ClNO2S/c1-16-8-4-7-6(2-3-13-11(7)12)9-10(8)15-5-14-9/h2-4H,5H2,1H3. The Morgan fingerprint density at radius 3 is 2.94 bits per heavy atom. The molecular weight excluding hydrogens is 246 g/mol. The molecule has 0 spiro atoms. The summed E-state index contributed by atoms with van der Waals surface area (Å²) < 4.78 is 10.9. The molecule has 1 aromatic heterocycles. The second-order valence-corrected chi connectivity index (χ2v) is 4.55. The predicted octanol–water partition coefficient (Wildman–Crippen LogP) is 3.34. The third-order valence-corrected chi connectivity index (χ3v) is 3.56. The summed E-state index contributed by atoms with van der Waals surface area (Å²) >= 11 is 7.68. The van der Waals surface area contributed by atoms with Crippen LogP contribution in [-0.4, -0.2) is 18.0 Å². The Morgan fingerprint density at radius 2 is 2.12 bits per heavy atom. The normalized spacial score (nSPS) is 13.4. The van der Waals surface area contributed by atoms with Gasteiger partial charge in [-0.05, 0) is 18.4 Å². The van der Waals surface area contributed by atoms with E-state index in [2.05, 4.69) is 4.98 Å². The number of halogens is 1. The quantitative estimate of drug-likeness (QED) is 0.576. The minimum Gasteiger partial charge on any atom is -0.453 e. The molecule has 0 aliphatic carbocycles. The monoisotopic (exact) mass is 253 g/mol. The van der Waals surface area contributed by atoms with Crippen LogP contribution >= 0.6 is 23.4 Å². The molecular formula is C11H8ClNO2S. The van der Waals surface area contributed by atoms with Crippen molar-refractivity contribution in [1.82, 2.24) is 4.98 Å². The number of hydrogen-bond acceptors (Lipinski definition) is 4. The predicted molar refractivity (Wildman–Crippen MR) is 64.7 cm³/mol. The smallest absolute Gasteiger partial charge is 0.231 e. The number of thioether (sulfide) groups is 1. The zero-order valence-corrected chi connectivity index (χ0v) is 10.1. The van der Waals surface area contributed by atoms with E-state index in [-0.39, 0.29) is 6.79 Å². The lowest BCUT2D eigenvalue weighted by atomic mass is 10.1. The van der Waals surface area contributed by atoms with E-state index in [1.165, 1.54) is 0 Å². The van der Waals surface area contributed by atoms with Crippen molar-refractivity contribution in [3.8, 4) is 11.5 Å². The second kappa shape index (κ2) is 3.71. The lowest BCUT2D eigenvalue weighted by molar-refractivity contribution is 0.173. The molecule has 5 heteroatoms. The van der Waals surface area contributed by atoms with Gasteiger partial charge in [-0.15, -0.1) is 11.8 Å². The molecule has 2 heterocycles. The van der Waals surface area contributed by atoms with Gasteiger partial charge in [-0.25, -0.2) is 4.98 Å². The fourth-order valence-electron chi connectivity index (χ4n) is 1.79. The van der Waals surface area contributed by atoms with Crippen molar-refractivity contribution in [2.24, 2.45) is 0 Å². The van der Waals surface area contributed by atoms with E-state index in [9.17, 15) is 0 Å². The van der Waals surface area contributed by atoms with Crippen LogP contribution in [0.15, 0.2) is 23.2 Å². The SMILES string of the molecule is CSc1cc2c(Cl)nccc2c2c1OCO2. The number of ether oxygens (including phenoxy) is 2. The average Bonchev–Trinajstić information content (AvgIpc) is 2.78. The molecule has 0 atom stereocenters. The van der Waals surface area contributed by atoms with Crippen LogP contribution in [-0.2, 0) is 0 Å². The van der Waals surface area contributed by atoms with Crippen molar-refractivity contribution in [3.63, 3.8) is 0 Å². The van der Waals surface area contributed by atoms with Gasteiger partial charge in [-0.2, -0.15) is 0 Å². The van der Waals surface area contributed by atoms with E-state index in [4.69, 9.17) is 21.1 Å². The van der Waals surface area contributed by atoms with Crippen molar-refractivity contribution < 1.29 is 9.47 Å². The number of rotatable bonds is 1. The zero-order chi connectivity index (χ0) is 11.1. The topological polar surface area (TPSA) is 31.4 Å². The van der Waals surface area contributed by atoms with Gasteiger partial charge in [0, 0.05) is 17.0 Å². The van der Waals surface area contributed by atoms with Crippen molar-refractivity contribution in [2.45, 2.75) is 4.90 Å². The van der Waals surface area contributed by atoms with E-state index in [1.807, 2.05) is 18.4 Å². The first-order valence-electron chi connectivity index (χ1n) is 4.72. The van der Waals surface area contributed by atoms with Gasteiger partial charge in [-0.1, -0.05) is 11.6 Å². The Kier molecular flexibility index (Phi) is 2.33. The fraction of sp³-hybridized carbons (Fsp3) is 0.182. The third-order valence-electron chi connectivity index (χ3n) is 2.52. The van der Waals surface area contributed by atoms with Gasteiger partial charge in [0.2, 0.25) is 6.79 Å². The van der Waals surface area contributed by atoms with Gasteiger partial charge in [0.05, 0.1) is 4.90 Å². The Balaban J connectivity index is 2.43. The van der Waals surface area contributed by atoms with Gasteiger partial charge in [0.15, 0.2) is 11.5 Å². The molecule has 1 aromatic carbocycles. The number of pyridine rings is 1. The molecule has 1 aliphatic heterocycles. The largest absolute Gasteiger partial charge is 0.453 e. The maximum Gasteiger partial charge on any atom is 0.231 e. The number of benzene rings is 1. The van der Waals surface area contributed by atoms with Gasteiger partial charge in [-0.3, -0.25) is 0 Å². The van der Waals surface area contributed by atoms with Crippen molar-refractivity contribution >= 4 is 34.1 Å². The molecule has 3 rings (SSSR count). The molecule has 16 heavy (non-hydrogen) atoms. The highest BCUT2D eigenvalue weighted by molar-refractivity contribution is 7.98. The maximum absolute atomic E-state index is 6.07. The summed E-state index contributed by atoms with van der Waals surface area (Å²) in [5, 5.41) is 2.34. The van der Waals surface area contributed by atoms with Crippen molar-refractivity contribution in [1.29, 1.82) is 0 Å². The second-order valence-electron chi connectivity index (χ2n) is 3.34. The minimum atomic E-state index is 0.266. The summed E-state index contributed by atoms with van der Waals surface area (Å²) in [6.07, 6.45) is 3.67. The van der Waals surface area contributed by atoms with Crippen LogP contribution in [0.2, 0.25) is 5.15 Å². The maximum atomic E-state index is 6.07. The zero-order valence-electron chi connectivity index (χ0n) is 8.49. The van der Waals surface area contributed by atoms with E-state index in [0.29, 0.717) is 5.15 Å². The Morgan fingerprint density at radius 1 is 1.31 bits per heavy atom. The van der Waals surface area contributed by atoms with Gasteiger partial charge in [0.1, 0.15) is 5.15 Å². The number of aromatic nitrogens is 1. The molecule has 0 amide bonds. The molecule has 2 aromatic rings. The first-order valence-corrected chi connectivity index (χ1v) is 6.32. The summed E-state index contributed by atoms with van der Waals surface area (Å²) in [4.78, 5) is 5.09. The van der Waals surface area contributed by atoms with Gasteiger partial charge >= 0.3 is 0 Å². The summed E-state index contributed by atoms with van der Waals surface area (Å²) in [6.45, 7) is 0.266. The van der Waals surface area contributed by atoms with E-state index < -0.39 is 0 Å². The molecule has 0 unspecified atom stereocenters. The lowest BCUT2D eigenvalue weighted by Gasteiger charge is -2.07. The van der Waals surface area contributed by atoms with Crippen molar-refractivity contribution in [2.75, 3.05) is 13.0 Å². The fourth-order valence-corrected chi connectivity index (χ4v) is 2.58. The molecule has 0 radical (unpaired) electrons. The highest BCUT2D eigenvalue weighted by Gasteiger charge is 2.22. The van der Waals surface area contributed by atoms with Gasteiger partial charge < -0.3 is 9.47 Å². The lowest BCUT2D eigenvalue weighted by Crippen LogP contribution is -1.93. The first kappa shape index (κ1) is 10.1. The summed E-state index contributed by atoms with van der Waals surface area (Å²) in [7, 11) is 0. The van der Waals surface area contributed by atoms with E-state index >= 15 is 0 Å². The highest BCUT2D eigenvalue weighted by atomic mass is 35.5. The van der Waals surface area contributed by atoms with Crippen LogP contribution in [0.4, 0.5) is 0 Å². The van der Waals surface area contributed by atoms with Crippen LogP contribution in [0.3, 0.4) is 0 Å². The van der Waals surface area contributed by atoms with Crippen LogP contribution in [0.5, 0.6) is 11.5 Å². The summed E-state index contributed by atoms with van der Waals surface area (Å²) in [6, 6.07) is 3.88. The number of hydrogen-bond donors (Lipinski definition) is 0. The van der Waals surface area contributed by atoms with Crippen LogP contribution in [0.25, 0.3) is 10.8 Å². The Hall–Kier alpha value is -1.13. The van der Waals surface area contributed by atoms with E-state index in [0.717, 1.165) is 27.2 Å². The van der Waals surface area contributed by atoms with Crippen LogP contribution in [0.1, 0.15) is 0 Å². The molecule has 3 nitrogen and oxygen atoms in total. The molecule has 1 aliphatic rings. The Bertz CT molecular complexity index is 573. The molecule has 0 saturated carbocycles. The highest BCUT2D eigenvalue weighted by Crippen LogP contribution is 2.46. The van der Waals surface area contributed by atoms with E-state index in [1.54, 1.807) is 18.0 Å². The summed E-state index contributed by atoms with van der Waals surface area (Å²) in [5.41, 5.74) is 0. The number of nitrogens with zero attached hydrogens (tertiary/aromatic N) is 1. The minimum absolute atomic E-state index is 0.266.